The van der Waals surface area contributed by atoms with Crippen LogP contribution in [-0.2, 0) is 9.59 Å². The molecule has 1 heterocycles. The topological polar surface area (TPSA) is 83.6 Å². The minimum Gasteiger partial charge on any atom is -0.481 e. The second-order valence-electron chi connectivity index (χ2n) is 6.14. The summed E-state index contributed by atoms with van der Waals surface area (Å²) in [7, 11) is 0. The Morgan fingerprint density at radius 3 is 2.58 bits per heavy atom. The molecule has 1 aliphatic heterocycles. The van der Waals surface area contributed by atoms with E-state index >= 15 is 0 Å². The van der Waals surface area contributed by atoms with Crippen molar-refractivity contribution in [3.63, 3.8) is 0 Å². The van der Waals surface area contributed by atoms with Crippen molar-refractivity contribution >= 4 is 11.9 Å². The molecule has 0 aromatic carbocycles. The molecular weight excluding hydrogens is 244 g/mol. The Morgan fingerprint density at radius 2 is 2.00 bits per heavy atom. The lowest BCUT2D eigenvalue weighted by atomic mass is 9.91. The van der Waals surface area contributed by atoms with Gasteiger partial charge in [0.25, 0.3) is 0 Å². The third-order valence-corrected chi connectivity index (χ3v) is 4.47. The van der Waals surface area contributed by atoms with Gasteiger partial charge in [0, 0.05) is 19.0 Å². The first kappa shape index (κ1) is 14.3. The molecule has 108 valence electrons. The second kappa shape index (κ2) is 5.49. The first-order chi connectivity index (χ1) is 8.93. The fraction of sp³-hybridized carbons (Fsp3) is 0.857. The lowest BCUT2D eigenvalue weighted by molar-refractivity contribution is -0.143. The van der Waals surface area contributed by atoms with E-state index in [9.17, 15) is 9.59 Å². The van der Waals surface area contributed by atoms with Gasteiger partial charge in [-0.1, -0.05) is 0 Å². The van der Waals surface area contributed by atoms with Gasteiger partial charge in [-0.25, -0.2) is 0 Å². The van der Waals surface area contributed by atoms with Crippen LogP contribution in [0.15, 0.2) is 0 Å². The van der Waals surface area contributed by atoms with Gasteiger partial charge in [-0.3, -0.25) is 9.59 Å². The van der Waals surface area contributed by atoms with Gasteiger partial charge in [0.05, 0.1) is 5.54 Å². The first-order valence-electron chi connectivity index (χ1n) is 7.24. The van der Waals surface area contributed by atoms with Crippen molar-refractivity contribution in [1.29, 1.82) is 0 Å². The van der Waals surface area contributed by atoms with E-state index in [4.69, 9.17) is 10.8 Å². The van der Waals surface area contributed by atoms with Crippen molar-refractivity contribution in [2.24, 2.45) is 11.7 Å². The Morgan fingerprint density at radius 1 is 1.32 bits per heavy atom. The molecule has 2 aliphatic rings. The maximum atomic E-state index is 12.6. The third-order valence-electron chi connectivity index (χ3n) is 4.47. The number of likely N-dealkylation sites (tertiary alicyclic amines) is 1. The number of rotatable bonds is 5. The Bertz CT molecular complexity index is 364. The van der Waals surface area contributed by atoms with Gasteiger partial charge in [0.2, 0.25) is 5.91 Å². The molecule has 19 heavy (non-hydrogen) atoms. The molecule has 5 heteroatoms. The van der Waals surface area contributed by atoms with Crippen molar-refractivity contribution in [2.75, 3.05) is 6.54 Å². The van der Waals surface area contributed by atoms with Gasteiger partial charge in [-0.2, -0.15) is 0 Å². The summed E-state index contributed by atoms with van der Waals surface area (Å²) < 4.78 is 0. The van der Waals surface area contributed by atoms with Crippen LogP contribution in [0.2, 0.25) is 0 Å². The summed E-state index contributed by atoms with van der Waals surface area (Å²) in [5.74, 6) is -0.470. The van der Waals surface area contributed by atoms with E-state index in [0.29, 0.717) is 12.3 Å². The number of carbonyl (C=O) groups is 2. The van der Waals surface area contributed by atoms with Crippen LogP contribution in [0.3, 0.4) is 0 Å². The highest BCUT2D eigenvalue weighted by Gasteiger charge is 2.47. The second-order valence-corrected chi connectivity index (χ2v) is 6.14. The summed E-state index contributed by atoms with van der Waals surface area (Å²) in [6.45, 7) is 2.55. The predicted octanol–water partition coefficient (Wildman–Crippen LogP) is 1.36. The SMILES string of the molecule is CC(N)(C(=O)N1CCCCC1CCC(=O)O)C1CC1. The molecule has 0 aromatic rings. The molecule has 1 aliphatic carbocycles. The number of piperidine rings is 1. The van der Waals surface area contributed by atoms with Gasteiger partial charge < -0.3 is 15.7 Å². The molecule has 2 unspecified atom stereocenters. The van der Waals surface area contributed by atoms with Crippen molar-refractivity contribution in [2.45, 2.75) is 63.5 Å². The largest absolute Gasteiger partial charge is 0.481 e. The van der Waals surface area contributed by atoms with Crippen molar-refractivity contribution < 1.29 is 14.7 Å². The number of nitrogens with zero attached hydrogens (tertiary/aromatic N) is 1. The molecule has 2 atom stereocenters. The van der Waals surface area contributed by atoms with Crippen molar-refractivity contribution in [3.8, 4) is 0 Å². The molecule has 1 amide bonds. The molecule has 3 N–H and O–H groups in total. The summed E-state index contributed by atoms with van der Waals surface area (Å²) in [5.41, 5.74) is 5.44. The number of hydrogen-bond acceptors (Lipinski definition) is 3. The average molecular weight is 268 g/mol. The summed E-state index contributed by atoms with van der Waals surface area (Å²) in [6.07, 6.45) is 5.70. The van der Waals surface area contributed by atoms with E-state index in [-0.39, 0.29) is 18.4 Å². The highest BCUT2D eigenvalue weighted by atomic mass is 16.4. The third kappa shape index (κ3) is 3.26. The molecule has 0 spiro atoms. The summed E-state index contributed by atoms with van der Waals surface area (Å²) in [4.78, 5) is 25.2. The summed E-state index contributed by atoms with van der Waals surface area (Å²) in [5, 5.41) is 8.80. The minimum absolute atomic E-state index is 0.0186. The van der Waals surface area contributed by atoms with Crippen molar-refractivity contribution in [1.82, 2.24) is 4.90 Å². The zero-order chi connectivity index (χ0) is 14.0. The molecule has 2 fully saturated rings. The van der Waals surface area contributed by atoms with E-state index in [1.807, 2.05) is 11.8 Å². The smallest absolute Gasteiger partial charge is 0.303 e. The first-order valence-corrected chi connectivity index (χ1v) is 7.24. The number of aliphatic carboxylic acids is 1. The monoisotopic (exact) mass is 268 g/mol. The van der Waals surface area contributed by atoms with Crippen LogP contribution in [0.4, 0.5) is 0 Å². The van der Waals surface area contributed by atoms with Crippen LogP contribution >= 0.6 is 0 Å². The van der Waals surface area contributed by atoms with Crippen LogP contribution in [0.1, 0.15) is 51.9 Å². The van der Waals surface area contributed by atoms with Gasteiger partial charge in [0.15, 0.2) is 0 Å². The quantitative estimate of drug-likeness (QED) is 0.788. The van der Waals surface area contributed by atoms with Crippen LogP contribution < -0.4 is 5.73 Å². The molecule has 0 bridgehead atoms. The van der Waals surface area contributed by atoms with Crippen molar-refractivity contribution in [3.05, 3.63) is 0 Å². The zero-order valence-electron chi connectivity index (χ0n) is 11.6. The maximum Gasteiger partial charge on any atom is 0.303 e. The number of nitrogens with two attached hydrogens (primary N) is 1. The Labute approximate surface area is 114 Å². The zero-order valence-corrected chi connectivity index (χ0v) is 11.6. The summed E-state index contributed by atoms with van der Waals surface area (Å²) >= 11 is 0. The molecule has 2 rings (SSSR count). The average Bonchev–Trinajstić information content (AvgIpc) is 3.20. The van der Waals surface area contributed by atoms with E-state index in [2.05, 4.69) is 0 Å². The number of carboxylic acid groups (broad SMARTS) is 1. The molecular formula is C14H24N2O3. The van der Waals surface area contributed by atoms with Gasteiger partial charge in [-0.05, 0) is 51.4 Å². The van der Waals surface area contributed by atoms with E-state index < -0.39 is 11.5 Å². The molecule has 1 saturated heterocycles. The van der Waals surface area contributed by atoms with E-state index in [1.165, 1.54) is 0 Å². The Kier molecular flexibility index (Phi) is 4.13. The molecule has 0 radical (unpaired) electrons. The Balaban J connectivity index is 2.01. The van der Waals surface area contributed by atoms with Gasteiger partial charge in [-0.15, -0.1) is 0 Å². The van der Waals surface area contributed by atoms with Crippen LogP contribution in [0, 0.1) is 5.92 Å². The normalized spacial score (nSPS) is 26.8. The lowest BCUT2D eigenvalue weighted by Crippen LogP contribution is -2.58. The highest BCUT2D eigenvalue weighted by Crippen LogP contribution is 2.40. The number of hydrogen-bond donors (Lipinski definition) is 2. The fourth-order valence-corrected chi connectivity index (χ4v) is 3.03. The number of carbonyl (C=O) groups excluding carboxylic acids is 1. The molecule has 1 saturated carbocycles. The number of carboxylic acids is 1. The van der Waals surface area contributed by atoms with Gasteiger partial charge in [0.1, 0.15) is 0 Å². The standard InChI is InChI=1S/C14H24N2O3/c1-14(15,10-5-6-10)13(19)16-9-3-2-4-11(16)7-8-12(17)18/h10-11H,2-9,15H2,1H3,(H,17,18). The maximum absolute atomic E-state index is 12.6. The van der Waals surface area contributed by atoms with Gasteiger partial charge >= 0.3 is 5.97 Å². The fourth-order valence-electron chi connectivity index (χ4n) is 3.03. The Hall–Kier alpha value is -1.10. The van der Waals surface area contributed by atoms with Crippen LogP contribution in [0.25, 0.3) is 0 Å². The molecule has 0 aromatic heterocycles. The minimum atomic E-state index is -0.796. The summed E-state index contributed by atoms with van der Waals surface area (Å²) in [6, 6.07) is 0.0546. The van der Waals surface area contributed by atoms with Crippen LogP contribution in [-0.4, -0.2) is 40.0 Å². The predicted molar refractivity (Wildman–Crippen MR) is 71.5 cm³/mol. The van der Waals surface area contributed by atoms with E-state index in [0.717, 1.165) is 38.6 Å². The van der Waals surface area contributed by atoms with E-state index in [1.54, 1.807) is 0 Å². The highest BCUT2D eigenvalue weighted by molar-refractivity contribution is 5.87. The van der Waals surface area contributed by atoms with Crippen LogP contribution in [0.5, 0.6) is 0 Å². The lowest BCUT2D eigenvalue weighted by Gasteiger charge is -2.40. The number of amides is 1. The molecule has 5 nitrogen and oxygen atoms in total.